The summed E-state index contributed by atoms with van der Waals surface area (Å²) in [6.07, 6.45) is 5.67. The molecule has 0 aliphatic heterocycles. The maximum atomic E-state index is 9.51. The maximum Gasteiger partial charge on any atom is 0.259 e. The van der Waals surface area contributed by atoms with E-state index in [1.807, 2.05) is 19.9 Å². The Kier molecular flexibility index (Phi) is 6.82. The fourth-order valence-electron chi connectivity index (χ4n) is 3.55. The number of aromatic nitrogens is 3. The molecule has 0 bridgehead atoms. The van der Waals surface area contributed by atoms with E-state index in [0.29, 0.717) is 18.1 Å². The van der Waals surface area contributed by atoms with Crippen LogP contribution in [0.25, 0.3) is 11.5 Å². The molecule has 2 N–H and O–H groups in total. The van der Waals surface area contributed by atoms with E-state index in [9.17, 15) is 5.11 Å². The fraction of sp³-hybridized carbons (Fsp3) is 0.500. The molecule has 0 spiro atoms. The van der Waals surface area contributed by atoms with Crippen molar-refractivity contribution in [2.75, 3.05) is 13.2 Å². The molecule has 0 saturated carbocycles. The number of hydrogen-bond acceptors (Lipinski definition) is 7. The van der Waals surface area contributed by atoms with E-state index >= 15 is 0 Å². The van der Waals surface area contributed by atoms with Gasteiger partial charge < -0.3 is 19.5 Å². The summed E-state index contributed by atoms with van der Waals surface area (Å²) in [5.41, 5.74) is 5.06. The van der Waals surface area contributed by atoms with Crippen molar-refractivity contribution in [3.05, 3.63) is 52.3 Å². The predicted molar refractivity (Wildman–Crippen MR) is 109 cm³/mol. The Morgan fingerprint density at radius 3 is 2.76 bits per heavy atom. The van der Waals surface area contributed by atoms with Gasteiger partial charge in [0.05, 0.1) is 12.2 Å². The number of allylic oxidation sites excluding steroid dienone is 3. The van der Waals surface area contributed by atoms with E-state index < -0.39 is 6.10 Å². The lowest BCUT2D eigenvalue weighted by Crippen LogP contribution is -2.20. The lowest BCUT2D eigenvalue weighted by Gasteiger charge is -2.23. The van der Waals surface area contributed by atoms with Crippen LogP contribution in [-0.2, 0) is 11.2 Å². The van der Waals surface area contributed by atoms with E-state index in [1.165, 1.54) is 0 Å². The second-order valence-electron chi connectivity index (χ2n) is 7.61. The topological polar surface area (TPSA) is 102 Å². The van der Waals surface area contributed by atoms with Gasteiger partial charge in [0.2, 0.25) is 0 Å². The molecule has 1 aliphatic rings. The van der Waals surface area contributed by atoms with Crippen molar-refractivity contribution in [1.82, 2.24) is 15.1 Å². The zero-order valence-electron chi connectivity index (χ0n) is 17.5. The van der Waals surface area contributed by atoms with Crippen LogP contribution in [0, 0.1) is 6.92 Å². The Hall–Kier alpha value is -2.51. The molecule has 2 unspecified atom stereocenters. The first-order valence-corrected chi connectivity index (χ1v) is 10.0. The minimum atomic E-state index is -0.888. The van der Waals surface area contributed by atoms with Crippen molar-refractivity contribution < 1.29 is 19.5 Å². The largest absolute Gasteiger partial charge is 0.491 e. The monoisotopic (exact) mass is 399 g/mol. The van der Waals surface area contributed by atoms with Crippen LogP contribution in [0.4, 0.5) is 0 Å². The molecule has 2 aromatic rings. The number of rotatable bonds is 8. The smallest absolute Gasteiger partial charge is 0.259 e. The molecule has 3 rings (SSSR count). The molecular formula is C22H29N3O4. The summed E-state index contributed by atoms with van der Waals surface area (Å²) in [7, 11) is 0. The van der Waals surface area contributed by atoms with Crippen molar-refractivity contribution in [2.45, 2.75) is 59.0 Å². The van der Waals surface area contributed by atoms with E-state index in [4.69, 9.17) is 14.4 Å². The number of nitrogens with zero attached hydrogens (tertiary/aromatic N) is 3. The van der Waals surface area contributed by atoms with Crippen molar-refractivity contribution in [2.24, 2.45) is 0 Å². The van der Waals surface area contributed by atoms with Gasteiger partial charge in [0.25, 0.3) is 5.89 Å². The van der Waals surface area contributed by atoms with Gasteiger partial charge in [-0.05, 0) is 56.4 Å². The number of hydrogen-bond donors (Lipinski definition) is 2. The van der Waals surface area contributed by atoms with Crippen LogP contribution in [-0.4, -0.2) is 44.7 Å². The zero-order valence-corrected chi connectivity index (χ0v) is 17.5. The summed E-state index contributed by atoms with van der Waals surface area (Å²) in [4.78, 5) is 9.14. The lowest BCUT2D eigenvalue weighted by molar-refractivity contribution is 0.0309. The van der Waals surface area contributed by atoms with Crippen LogP contribution in [0.3, 0.4) is 0 Å². The summed E-state index contributed by atoms with van der Waals surface area (Å²) in [5.74, 6) is 1.85. The molecule has 7 nitrogen and oxygen atoms in total. The fourth-order valence-corrected chi connectivity index (χ4v) is 3.55. The number of aliphatic hydroxyl groups excluding tert-OH is 2. The number of aryl methyl sites for hydroxylation is 2. The molecule has 0 aromatic carbocycles. The standard InChI is InChI=1S/C22H29N3O4/c1-5-6-19-13(2)7-17(10-23-19)22-24-21(25-29-22)16-8-14(3)20(15(4)9-16)28-12-18(27)11-26/h7-8,10,16,18,26-27H,5-6,9,11-12H2,1-4H3. The van der Waals surface area contributed by atoms with Crippen LogP contribution >= 0.6 is 0 Å². The van der Waals surface area contributed by atoms with Crippen LogP contribution < -0.4 is 0 Å². The van der Waals surface area contributed by atoms with Gasteiger partial charge in [-0.15, -0.1) is 0 Å². The summed E-state index contributed by atoms with van der Waals surface area (Å²) < 4.78 is 11.2. The van der Waals surface area contributed by atoms with Crippen molar-refractivity contribution in [3.8, 4) is 11.5 Å². The average Bonchev–Trinajstić information content (AvgIpc) is 3.19. The average molecular weight is 399 g/mol. The van der Waals surface area contributed by atoms with Gasteiger partial charge in [-0.3, -0.25) is 4.98 Å². The molecule has 29 heavy (non-hydrogen) atoms. The van der Waals surface area contributed by atoms with Crippen molar-refractivity contribution in [3.63, 3.8) is 0 Å². The Morgan fingerprint density at radius 2 is 2.10 bits per heavy atom. The summed E-state index contributed by atoms with van der Waals surface area (Å²) in [6, 6.07) is 2.04. The van der Waals surface area contributed by atoms with Gasteiger partial charge in [-0.25, -0.2) is 0 Å². The summed E-state index contributed by atoms with van der Waals surface area (Å²) >= 11 is 0. The number of pyridine rings is 1. The van der Waals surface area contributed by atoms with Gasteiger partial charge in [0.1, 0.15) is 18.5 Å². The third kappa shape index (κ3) is 4.92. The molecule has 156 valence electrons. The first-order valence-electron chi connectivity index (χ1n) is 10.0. The zero-order chi connectivity index (χ0) is 21.0. The molecule has 1 aliphatic carbocycles. The van der Waals surface area contributed by atoms with Crippen LogP contribution in [0.15, 0.2) is 39.8 Å². The first kappa shape index (κ1) is 21.2. The summed E-state index contributed by atoms with van der Waals surface area (Å²) in [5, 5.41) is 22.7. The van der Waals surface area contributed by atoms with Crippen LogP contribution in [0.2, 0.25) is 0 Å². The lowest BCUT2D eigenvalue weighted by atomic mass is 9.89. The molecule has 0 radical (unpaired) electrons. The minimum Gasteiger partial charge on any atom is -0.491 e. The predicted octanol–water partition coefficient (Wildman–Crippen LogP) is 3.47. The second kappa shape index (κ2) is 9.33. The molecule has 2 atom stereocenters. The van der Waals surface area contributed by atoms with Gasteiger partial charge in [0, 0.05) is 17.8 Å². The number of ether oxygens (including phenoxy) is 1. The van der Waals surface area contributed by atoms with Gasteiger partial charge in [0.15, 0.2) is 5.82 Å². The van der Waals surface area contributed by atoms with E-state index in [0.717, 1.165) is 46.6 Å². The molecular weight excluding hydrogens is 370 g/mol. The molecule has 2 aromatic heterocycles. The molecule has 0 amide bonds. The van der Waals surface area contributed by atoms with Crippen LogP contribution in [0.1, 0.15) is 56.6 Å². The van der Waals surface area contributed by atoms with Gasteiger partial charge in [-0.1, -0.05) is 24.6 Å². The first-order chi connectivity index (χ1) is 13.9. The molecule has 0 fully saturated rings. The molecule has 7 heteroatoms. The second-order valence-corrected chi connectivity index (χ2v) is 7.61. The highest BCUT2D eigenvalue weighted by molar-refractivity contribution is 5.53. The van der Waals surface area contributed by atoms with E-state index in [2.05, 4.69) is 35.0 Å². The van der Waals surface area contributed by atoms with E-state index in [-0.39, 0.29) is 19.1 Å². The Morgan fingerprint density at radius 1 is 1.31 bits per heavy atom. The highest BCUT2D eigenvalue weighted by atomic mass is 16.5. The minimum absolute atomic E-state index is 0.00367. The third-order valence-electron chi connectivity index (χ3n) is 5.05. The van der Waals surface area contributed by atoms with Crippen molar-refractivity contribution in [1.29, 1.82) is 0 Å². The highest BCUT2D eigenvalue weighted by Crippen LogP contribution is 2.35. The molecule has 2 heterocycles. The third-order valence-corrected chi connectivity index (χ3v) is 5.05. The number of aliphatic hydroxyl groups is 2. The van der Waals surface area contributed by atoms with Crippen LogP contribution in [0.5, 0.6) is 0 Å². The summed E-state index contributed by atoms with van der Waals surface area (Å²) in [6.45, 7) is 7.88. The van der Waals surface area contributed by atoms with Gasteiger partial charge >= 0.3 is 0 Å². The molecule has 0 saturated heterocycles. The maximum absolute atomic E-state index is 9.51. The van der Waals surface area contributed by atoms with Crippen molar-refractivity contribution >= 4 is 0 Å². The van der Waals surface area contributed by atoms with E-state index in [1.54, 1.807) is 6.20 Å². The quantitative estimate of drug-likeness (QED) is 0.701. The van der Waals surface area contributed by atoms with Gasteiger partial charge in [-0.2, -0.15) is 4.98 Å². The normalized spacial score (nSPS) is 18.0. The Bertz CT molecular complexity index is 917. The Labute approximate surface area is 171 Å². The highest BCUT2D eigenvalue weighted by Gasteiger charge is 2.25. The SMILES string of the molecule is CCCc1ncc(-c2nc(C3C=C(C)C(OCC(O)CO)=C(C)C3)no2)cc1C. The Balaban J connectivity index is 1.75.